The number of halogens is 1. The molecular formula is C15H19BrN2O2. The predicted octanol–water partition coefficient (Wildman–Crippen LogP) is 2.61. The first-order valence-corrected chi connectivity index (χ1v) is 7.63. The summed E-state index contributed by atoms with van der Waals surface area (Å²) in [5, 5.41) is 2.89. The van der Waals surface area contributed by atoms with Crippen LogP contribution in [0.15, 0.2) is 22.7 Å². The van der Waals surface area contributed by atoms with Gasteiger partial charge in [0.05, 0.1) is 5.69 Å². The number of hydrogen-bond donors (Lipinski definition) is 1. The lowest BCUT2D eigenvalue weighted by Crippen LogP contribution is -2.38. The average Bonchev–Trinajstić information content (AvgIpc) is 2.45. The zero-order valence-electron chi connectivity index (χ0n) is 11.6. The van der Waals surface area contributed by atoms with Crippen molar-refractivity contribution in [2.24, 2.45) is 5.92 Å². The van der Waals surface area contributed by atoms with Gasteiger partial charge in [0, 0.05) is 36.6 Å². The number of hydrogen-bond acceptors (Lipinski definition) is 3. The third-order valence-electron chi connectivity index (χ3n) is 3.70. The second-order valence-corrected chi connectivity index (χ2v) is 6.05. The zero-order valence-corrected chi connectivity index (χ0v) is 13.1. The van der Waals surface area contributed by atoms with Crippen LogP contribution in [-0.2, 0) is 4.79 Å². The quantitative estimate of drug-likeness (QED) is 0.858. The van der Waals surface area contributed by atoms with E-state index in [1.165, 1.54) is 0 Å². The highest BCUT2D eigenvalue weighted by atomic mass is 79.9. The Morgan fingerprint density at radius 2 is 2.15 bits per heavy atom. The highest BCUT2D eigenvalue weighted by Gasteiger charge is 2.20. The fourth-order valence-electron chi connectivity index (χ4n) is 2.52. The van der Waals surface area contributed by atoms with Gasteiger partial charge >= 0.3 is 0 Å². The number of piperidine rings is 1. The standard InChI is InChI=1S/C15H19BrN2O2/c1-11(20)17-9-12-4-6-18(7-5-12)15-3-2-13(10-19)8-14(15)16/h2-3,8,10,12H,4-7,9H2,1H3,(H,17,20). The summed E-state index contributed by atoms with van der Waals surface area (Å²) in [5.41, 5.74) is 1.81. The van der Waals surface area contributed by atoms with Crippen LogP contribution in [0.4, 0.5) is 5.69 Å². The molecule has 0 unspecified atom stereocenters. The summed E-state index contributed by atoms with van der Waals surface area (Å²) in [4.78, 5) is 24.0. The van der Waals surface area contributed by atoms with Gasteiger partial charge in [-0.25, -0.2) is 0 Å². The van der Waals surface area contributed by atoms with Gasteiger partial charge in [-0.2, -0.15) is 0 Å². The molecular weight excluding hydrogens is 320 g/mol. The van der Waals surface area contributed by atoms with Crippen LogP contribution in [0.5, 0.6) is 0 Å². The van der Waals surface area contributed by atoms with Crippen molar-refractivity contribution in [1.82, 2.24) is 5.32 Å². The van der Waals surface area contributed by atoms with Gasteiger partial charge in [0.1, 0.15) is 6.29 Å². The maximum Gasteiger partial charge on any atom is 0.216 e. The Balaban J connectivity index is 1.93. The van der Waals surface area contributed by atoms with Crippen LogP contribution >= 0.6 is 15.9 Å². The van der Waals surface area contributed by atoms with Crippen LogP contribution in [-0.4, -0.2) is 31.8 Å². The molecule has 0 atom stereocenters. The number of anilines is 1. The summed E-state index contributed by atoms with van der Waals surface area (Å²) in [6, 6.07) is 5.68. The van der Waals surface area contributed by atoms with Gasteiger partial charge in [-0.05, 0) is 52.9 Å². The molecule has 5 heteroatoms. The molecule has 0 aromatic heterocycles. The maximum absolute atomic E-state index is 10.9. The van der Waals surface area contributed by atoms with E-state index in [1.807, 2.05) is 18.2 Å². The first kappa shape index (κ1) is 15.0. The number of carbonyl (C=O) groups excluding carboxylic acids is 2. The Kier molecular flexibility index (Phi) is 5.17. The lowest BCUT2D eigenvalue weighted by atomic mass is 9.96. The number of aldehydes is 1. The monoisotopic (exact) mass is 338 g/mol. The Labute approximate surface area is 127 Å². The molecule has 0 bridgehead atoms. The third-order valence-corrected chi connectivity index (χ3v) is 4.34. The molecule has 2 rings (SSSR count). The van der Waals surface area contributed by atoms with E-state index in [-0.39, 0.29) is 5.91 Å². The van der Waals surface area contributed by atoms with Crippen molar-refractivity contribution in [3.8, 4) is 0 Å². The summed E-state index contributed by atoms with van der Waals surface area (Å²) in [5.74, 6) is 0.600. The predicted molar refractivity (Wildman–Crippen MR) is 83.2 cm³/mol. The summed E-state index contributed by atoms with van der Waals surface area (Å²) in [6.45, 7) is 4.28. The van der Waals surface area contributed by atoms with Gasteiger partial charge in [-0.3, -0.25) is 9.59 Å². The highest BCUT2D eigenvalue weighted by molar-refractivity contribution is 9.10. The van der Waals surface area contributed by atoms with E-state index >= 15 is 0 Å². The number of nitrogens with zero attached hydrogens (tertiary/aromatic N) is 1. The molecule has 108 valence electrons. The highest BCUT2D eigenvalue weighted by Crippen LogP contribution is 2.30. The first-order valence-electron chi connectivity index (χ1n) is 6.84. The molecule has 4 nitrogen and oxygen atoms in total. The van der Waals surface area contributed by atoms with Gasteiger partial charge in [0.2, 0.25) is 5.91 Å². The van der Waals surface area contributed by atoms with E-state index in [0.717, 1.165) is 48.9 Å². The molecule has 1 aliphatic rings. The van der Waals surface area contributed by atoms with Crippen molar-refractivity contribution >= 4 is 33.8 Å². The van der Waals surface area contributed by atoms with Crippen molar-refractivity contribution in [2.75, 3.05) is 24.5 Å². The van der Waals surface area contributed by atoms with Crippen LogP contribution in [0, 0.1) is 5.92 Å². The van der Waals surface area contributed by atoms with Crippen LogP contribution in [0.3, 0.4) is 0 Å². The summed E-state index contributed by atoms with van der Waals surface area (Å²) in [6.07, 6.45) is 3.00. The molecule has 20 heavy (non-hydrogen) atoms. The average molecular weight is 339 g/mol. The Hall–Kier alpha value is -1.36. The van der Waals surface area contributed by atoms with Gasteiger partial charge in [-0.1, -0.05) is 0 Å². The summed E-state index contributed by atoms with van der Waals surface area (Å²) in [7, 11) is 0. The molecule has 1 saturated heterocycles. The van der Waals surface area contributed by atoms with E-state index in [1.54, 1.807) is 6.92 Å². The van der Waals surface area contributed by atoms with Crippen molar-refractivity contribution in [3.63, 3.8) is 0 Å². The molecule has 0 saturated carbocycles. The van der Waals surface area contributed by atoms with E-state index in [4.69, 9.17) is 0 Å². The third kappa shape index (κ3) is 3.82. The largest absolute Gasteiger partial charge is 0.371 e. The van der Waals surface area contributed by atoms with Crippen molar-refractivity contribution in [1.29, 1.82) is 0 Å². The lowest BCUT2D eigenvalue weighted by molar-refractivity contribution is -0.119. The molecule has 1 aromatic carbocycles. The molecule has 1 aliphatic heterocycles. The fourth-order valence-corrected chi connectivity index (χ4v) is 3.17. The van der Waals surface area contributed by atoms with E-state index in [0.29, 0.717) is 11.5 Å². The number of amides is 1. The van der Waals surface area contributed by atoms with E-state index in [9.17, 15) is 9.59 Å². The van der Waals surface area contributed by atoms with E-state index < -0.39 is 0 Å². The number of rotatable bonds is 4. The Morgan fingerprint density at radius 3 is 2.70 bits per heavy atom. The minimum atomic E-state index is 0.0413. The molecule has 1 N–H and O–H groups in total. The molecule has 1 amide bonds. The molecule has 1 fully saturated rings. The van der Waals surface area contributed by atoms with E-state index in [2.05, 4.69) is 26.1 Å². The molecule has 0 spiro atoms. The second kappa shape index (κ2) is 6.88. The van der Waals surface area contributed by atoms with Crippen LogP contribution in [0.2, 0.25) is 0 Å². The molecule has 0 radical (unpaired) electrons. The Morgan fingerprint density at radius 1 is 1.45 bits per heavy atom. The summed E-state index contributed by atoms with van der Waals surface area (Å²) < 4.78 is 0.961. The number of carbonyl (C=O) groups is 2. The van der Waals surface area contributed by atoms with Crippen LogP contribution in [0.1, 0.15) is 30.1 Å². The maximum atomic E-state index is 10.9. The smallest absolute Gasteiger partial charge is 0.216 e. The zero-order chi connectivity index (χ0) is 14.5. The fraction of sp³-hybridized carbons (Fsp3) is 0.467. The van der Waals surface area contributed by atoms with Gasteiger partial charge < -0.3 is 10.2 Å². The lowest BCUT2D eigenvalue weighted by Gasteiger charge is -2.34. The minimum Gasteiger partial charge on any atom is -0.371 e. The minimum absolute atomic E-state index is 0.0413. The first-order chi connectivity index (χ1) is 9.60. The Bertz CT molecular complexity index is 497. The van der Waals surface area contributed by atoms with Gasteiger partial charge in [0.15, 0.2) is 0 Å². The van der Waals surface area contributed by atoms with Crippen molar-refractivity contribution in [2.45, 2.75) is 19.8 Å². The van der Waals surface area contributed by atoms with Crippen molar-refractivity contribution < 1.29 is 9.59 Å². The second-order valence-electron chi connectivity index (χ2n) is 5.20. The number of nitrogens with one attached hydrogen (secondary N) is 1. The van der Waals surface area contributed by atoms with Crippen molar-refractivity contribution in [3.05, 3.63) is 28.2 Å². The van der Waals surface area contributed by atoms with Gasteiger partial charge in [-0.15, -0.1) is 0 Å². The number of benzene rings is 1. The summed E-state index contributed by atoms with van der Waals surface area (Å²) >= 11 is 3.53. The molecule has 1 heterocycles. The normalized spacial score (nSPS) is 16.0. The SMILES string of the molecule is CC(=O)NCC1CCN(c2ccc(C=O)cc2Br)CC1. The topological polar surface area (TPSA) is 49.4 Å². The molecule has 0 aliphatic carbocycles. The van der Waals surface area contributed by atoms with Crippen LogP contribution < -0.4 is 10.2 Å². The molecule has 1 aromatic rings. The van der Waals surface area contributed by atoms with Crippen LogP contribution in [0.25, 0.3) is 0 Å². The van der Waals surface area contributed by atoms with Gasteiger partial charge in [0.25, 0.3) is 0 Å².